The van der Waals surface area contributed by atoms with Crippen LogP contribution in [0.3, 0.4) is 0 Å². The monoisotopic (exact) mass is 393 g/mol. The number of sulfonamides is 1. The van der Waals surface area contributed by atoms with E-state index in [1.165, 1.54) is 31.4 Å². The second kappa shape index (κ2) is 7.59. The molecule has 0 unspecified atom stereocenters. The molecule has 8 heteroatoms. The maximum atomic E-state index is 12.6. The van der Waals surface area contributed by atoms with Gasteiger partial charge in [0.15, 0.2) is 0 Å². The molecule has 0 bridgehead atoms. The normalized spacial score (nSPS) is 20.7. The van der Waals surface area contributed by atoms with Crippen LogP contribution in [-0.4, -0.2) is 56.1 Å². The molecular formula is C19H27N3O4S. The van der Waals surface area contributed by atoms with Crippen molar-refractivity contribution in [1.29, 1.82) is 0 Å². The lowest BCUT2D eigenvalue weighted by molar-refractivity contribution is -0.116. The topological polar surface area (TPSA) is 86.8 Å². The Hall–Kier alpha value is -1.93. The minimum Gasteiger partial charge on any atom is -0.350 e. The van der Waals surface area contributed by atoms with E-state index in [-0.39, 0.29) is 29.3 Å². The average Bonchev–Trinajstić information content (AvgIpc) is 2.93. The van der Waals surface area contributed by atoms with Gasteiger partial charge in [0.1, 0.15) is 0 Å². The summed E-state index contributed by atoms with van der Waals surface area (Å²) in [4.78, 5) is 26.9. The summed E-state index contributed by atoms with van der Waals surface area (Å²) in [5, 5.41) is 2.95. The number of benzene rings is 1. The summed E-state index contributed by atoms with van der Waals surface area (Å²) in [6.07, 6.45) is 3.59. The molecule has 0 saturated carbocycles. The van der Waals surface area contributed by atoms with Gasteiger partial charge in [-0.05, 0) is 58.0 Å². The second-order valence-corrected chi connectivity index (χ2v) is 9.75. The van der Waals surface area contributed by atoms with Gasteiger partial charge in [-0.2, -0.15) is 0 Å². The smallest absolute Gasteiger partial charge is 0.251 e. The summed E-state index contributed by atoms with van der Waals surface area (Å²) >= 11 is 0. The molecule has 2 fully saturated rings. The van der Waals surface area contributed by atoms with Gasteiger partial charge in [-0.15, -0.1) is 0 Å². The molecule has 2 amide bonds. The van der Waals surface area contributed by atoms with Crippen LogP contribution in [0.2, 0.25) is 0 Å². The van der Waals surface area contributed by atoms with Crippen molar-refractivity contribution in [3.05, 3.63) is 29.8 Å². The first-order chi connectivity index (χ1) is 12.7. The largest absolute Gasteiger partial charge is 0.350 e. The Labute approximate surface area is 160 Å². The van der Waals surface area contributed by atoms with Crippen LogP contribution >= 0.6 is 0 Å². The maximum absolute atomic E-state index is 12.6. The fourth-order valence-corrected chi connectivity index (χ4v) is 5.10. The van der Waals surface area contributed by atoms with Gasteiger partial charge in [0, 0.05) is 24.1 Å². The van der Waals surface area contributed by atoms with Crippen LogP contribution in [0, 0.1) is 0 Å². The lowest BCUT2D eigenvalue weighted by Crippen LogP contribution is -2.53. The van der Waals surface area contributed by atoms with Crippen molar-refractivity contribution < 1.29 is 18.0 Å². The first kappa shape index (κ1) is 19.8. The van der Waals surface area contributed by atoms with Gasteiger partial charge in [-0.1, -0.05) is 12.5 Å². The van der Waals surface area contributed by atoms with Crippen molar-refractivity contribution in [3.63, 3.8) is 0 Å². The number of nitrogens with one attached hydrogen (secondary N) is 1. The number of hydrogen-bond acceptors (Lipinski definition) is 5. The number of hydrogen-bond donors (Lipinski definition) is 1. The quantitative estimate of drug-likeness (QED) is 0.824. The number of likely N-dealkylation sites (tertiary alicyclic amines) is 1. The molecule has 7 nitrogen and oxygen atoms in total. The maximum Gasteiger partial charge on any atom is 0.251 e. The van der Waals surface area contributed by atoms with Crippen LogP contribution in [0.25, 0.3) is 0 Å². The van der Waals surface area contributed by atoms with E-state index in [0.29, 0.717) is 12.1 Å². The summed E-state index contributed by atoms with van der Waals surface area (Å²) in [5.41, 5.74) is 0.416. The summed E-state index contributed by atoms with van der Waals surface area (Å²) in [7, 11) is -3.64. The molecular weight excluding hydrogens is 366 g/mol. The van der Waals surface area contributed by atoms with Crippen LogP contribution in [0.1, 0.15) is 49.9 Å². The third-order valence-electron chi connectivity index (χ3n) is 5.32. The molecule has 2 heterocycles. The molecule has 0 aliphatic carbocycles. The summed E-state index contributed by atoms with van der Waals surface area (Å²) < 4.78 is 25.0. The van der Waals surface area contributed by atoms with Crippen molar-refractivity contribution in [2.24, 2.45) is 0 Å². The summed E-state index contributed by atoms with van der Waals surface area (Å²) in [5.74, 6) is -0.920. The van der Waals surface area contributed by atoms with Gasteiger partial charge in [-0.25, -0.2) is 12.7 Å². The Bertz CT molecular complexity index is 829. The Balaban J connectivity index is 1.70. The Morgan fingerprint density at radius 2 is 1.89 bits per heavy atom. The number of rotatable bonds is 5. The second-order valence-electron chi connectivity index (χ2n) is 7.82. The first-order valence-corrected chi connectivity index (χ1v) is 11.0. The lowest BCUT2D eigenvalue weighted by Gasteiger charge is -2.41. The molecule has 148 valence electrons. The molecule has 1 aromatic rings. The Kier molecular flexibility index (Phi) is 5.58. The summed E-state index contributed by atoms with van der Waals surface area (Å²) in [6.45, 7) is 6.80. The van der Waals surface area contributed by atoms with Crippen LogP contribution in [0.4, 0.5) is 5.69 Å². The molecule has 2 aliphatic heterocycles. The van der Waals surface area contributed by atoms with Gasteiger partial charge in [0.2, 0.25) is 15.9 Å². The molecule has 27 heavy (non-hydrogen) atoms. The first-order valence-electron chi connectivity index (χ1n) is 9.40. The average molecular weight is 394 g/mol. The number of anilines is 1. The van der Waals surface area contributed by atoms with Gasteiger partial charge in [-0.3, -0.25) is 14.5 Å². The molecule has 1 N–H and O–H groups in total. The van der Waals surface area contributed by atoms with E-state index >= 15 is 0 Å². The summed E-state index contributed by atoms with van der Waals surface area (Å²) in [6, 6.07) is 6.22. The number of piperidine rings is 1. The highest BCUT2D eigenvalue weighted by molar-refractivity contribution is 7.94. The fraction of sp³-hybridized carbons (Fsp3) is 0.579. The Morgan fingerprint density at radius 3 is 2.52 bits per heavy atom. The predicted octanol–water partition coefficient (Wildman–Crippen LogP) is 1.75. The lowest BCUT2D eigenvalue weighted by atomic mass is 9.98. The number of amides is 2. The highest BCUT2D eigenvalue weighted by atomic mass is 32.2. The number of nitrogens with zero attached hydrogens (tertiary/aromatic N) is 2. The molecule has 0 spiro atoms. The van der Waals surface area contributed by atoms with Crippen LogP contribution in [-0.2, 0) is 14.8 Å². The van der Waals surface area contributed by atoms with Crippen molar-refractivity contribution in [2.75, 3.05) is 29.7 Å². The van der Waals surface area contributed by atoms with E-state index in [2.05, 4.69) is 24.1 Å². The predicted molar refractivity (Wildman–Crippen MR) is 104 cm³/mol. The van der Waals surface area contributed by atoms with Gasteiger partial charge >= 0.3 is 0 Å². The van der Waals surface area contributed by atoms with Crippen LogP contribution in [0.5, 0.6) is 0 Å². The fourth-order valence-electron chi connectivity index (χ4n) is 3.65. The van der Waals surface area contributed by atoms with E-state index in [9.17, 15) is 18.0 Å². The molecule has 0 aromatic heterocycles. The van der Waals surface area contributed by atoms with Gasteiger partial charge < -0.3 is 5.32 Å². The zero-order chi connectivity index (χ0) is 19.7. The van der Waals surface area contributed by atoms with E-state index < -0.39 is 15.9 Å². The molecule has 3 rings (SSSR count). The zero-order valence-electron chi connectivity index (χ0n) is 15.9. The minimum absolute atomic E-state index is 0.0250. The van der Waals surface area contributed by atoms with Gasteiger partial charge in [0.25, 0.3) is 5.91 Å². The van der Waals surface area contributed by atoms with E-state index in [4.69, 9.17) is 0 Å². The third-order valence-corrected chi connectivity index (χ3v) is 7.01. The highest BCUT2D eigenvalue weighted by Gasteiger charge is 2.36. The Morgan fingerprint density at radius 1 is 1.19 bits per heavy atom. The standard InChI is InChI=1S/C19H27N3O4S/c1-19(2,21-10-4-3-5-11-21)14-20-18(24)15-7-6-8-16(13-15)22-17(23)9-12-27(22,25)26/h6-8,13H,3-5,9-12,14H2,1-2H3,(H,20,24). The van der Waals surface area contributed by atoms with E-state index in [1.54, 1.807) is 12.1 Å². The highest BCUT2D eigenvalue weighted by Crippen LogP contribution is 2.26. The molecule has 0 atom stereocenters. The van der Waals surface area contributed by atoms with Crippen molar-refractivity contribution in [1.82, 2.24) is 10.2 Å². The SMILES string of the molecule is CC(C)(CNC(=O)c1cccc(N2C(=O)CCS2(=O)=O)c1)N1CCCCC1. The third kappa shape index (κ3) is 4.32. The zero-order valence-corrected chi connectivity index (χ0v) is 16.7. The molecule has 2 saturated heterocycles. The van der Waals surface area contributed by atoms with Crippen LogP contribution in [0.15, 0.2) is 24.3 Å². The number of carbonyl (C=O) groups excluding carboxylic acids is 2. The van der Waals surface area contributed by atoms with Crippen molar-refractivity contribution in [3.8, 4) is 0 Å². The van der Waals surface area contributed by atoms with Crippen LogP contribution < -0.4 is 9.62 Å². The van der Waals surface area contributed by atoms with E-state index in [0.717, 1.165) is 17.4 Å². The van der Waals surface area contributed by atoms with Crippen molar-refractivity contribution in [2.45, 2.75) is 45.1 Å². The molecule has 0 radical (unpaired) electrons. The van der Waals surface area contributed by atoms with Gasteiger partial charge in [0.05, 0.1) is 11.4 Å². The molecule has 2 aliphatic rings. The minimum atomic E-state index is -3.64. The van der Waals surface area contributed by atoms with Crippen molar-refractivity contribution >= 4 is 27.5 Å². The number of carbonyl (C=O) groups is 2. The van der Waals surface area contributed by atoms with E-state index in [1.807, 2.05) is 0 Å². The molecule has 1 aromatic carbocycles.